The Morgan fingerprint density at radius 3 is 2.21 bits per heavy atom. The van der Waals surface area contributed by atoms with Crippen molar-refractivity contribution < 1.29 is 4.79 Å². The summed E-state index contributed by atoms with van der Waals surface area (Å²) >= 11 is 0. The van der Waals surface area contributed by atoms with Gasteiger partial charge < -0.3 is 0 Å². The van der Waals surface area contributed by atoms with Gasteiger partial charge in [0.15, 0.2) is 5.78 Å². The zero-order valence-corrected chi connectivity index (χ0v) is 11.1. The molecule has 2 aromatic rings. The molecule has 0 saturated carbocycles. The number of rotatable bonds is 5. The molecule has 0 bridgehead atoms. The third kappa shape index (κ3) is 3.92. The highest BCUT2D eigenvalue weighted by Gasteiger charge is 2.11. The molecular weight excluding hydrogens is 232 g/mol. The zero-order chi connectivity index (χ0) is 13.5. The monoisotopic (exact) mass is 250 g/mol. The van der Waals surface area contributed by atoms with Gasteiger partial charge in [0.2, 0.25) is 0 Å². The first kappa shape index (κ1) is 13.3. The van der Waals surface area contributed by atoms with Crippen molar-refractivity contribution in [2.45, 2.75) is 13.3 Å². The molecule has 1 atom stereocenters. The smallest absolute Gasteiger partial charge is 0.169 e. The van der Waals surface area contributed by atoms with E-state index in [0.717, 1.165) is 12.0 Å². The second kappa shape index (κ2) is 6.69. The lowest BCUT2D eigenvalue weighted by atomic mass is 9.98. The Bertz CT molecular complexity index is 540. The van der Waals surface area contributed by atoms with Gasteiger partial charge in [0.1, 0.15) is 0 Å². The number of hydrogen-bond acceptors (Lipinski definition) is 1. The van der Waals surface area contributed by atoms with E-state index in [1.54, 1.807) is 0 Å². The van der Waals surface area contributed by atoms with Crippen LogP contribution in [0.25, 0.3) is 0 Å². The molecular formula is C18H18O. The van der Waals surface area contributed by atoms with Crippen molar-refractivity contribution in [1.29, 1.82) is 0 Å². The Hall–Kier alpha value is -2.15. The first-order valence-corrected chi connectivity index (χ1v) is 6.57. The van der Waals surface area contributed by atoms with Crippen LogP contribution in [0.5, 0.6) is 0 Å². The fourth-order valence-corrected chi connectivity index (χ4v) is 1.98. The van der Waals surface area contributed by atoms with Crippen LogP contribution in [0.1, 0.15) is 22.8 Å². The van der Waals surface area contributed by atoms with E-state index in [-0.39, 0.29) is 11.7 Å². The number of benzene rings is 2. The molecule has 2 aromatic carbocycles. The molecule has 0 aliphatic carbocycles. The molecule has 0 aliphatic heterocycles. The lowest BCUT2D eigenvalue weighted by molar-refractivity contribution is 0.0953. The van der Waals surface area contributed by atoms with Crippen LogP contribution in [-0.2, 0) is 6.42 Å². The number of ketones is 1. The van der Waals surface area contributed by atoms with Gasteiger partial charge in [-0.1, -0.05) is 79.7 Å². The number of carbonyl (C=O) groups excluding carboxylic acids is 1. The minimum Gasteiger partial charge on any atom is -0.294 e. The molecule has 0 fully saturated rings. The highest BCUT2D eigenvalue weighted by molar-refractivity contribution is 5.98. The Morgan fingerprint density at radius 2 is 1.58 bits per heavy atom. The van der Waals surface area contributed by atoms with E-state index < -0.39 is 0 Å². The predicted molar refractivity (Wildman–Crippen MR) is 79.2 cm³/mol. The van der Waals surface area contributed by atoms with Crippen molar-refractivity contribution in [2.75, 3.05) is 0 Å². The van der Waals surface area contributed by atoms with Crippen LogP contribution in [0.4, 0.5) is 0 Å². The van der Waals surface area contributed by atoms with Gasteiger partial charge >= 0.3 is 0 Å². The molecule has 0 heterocycles. The SMILES string of the molecule is C[C@@H](/C=C/Cc1ccccc1)C(=O)c1ccccc1. The molecule has 96 valence electrons. The fourth-order valence-electron chi connectivity index (χ4n) is 1.98. The van der Waals surface area contributed by atoms with Crippen molar-refractivity contribution in [1.82, 2.24) is 0 Å². The summed E-state index contributed by atoms with van der Waals surface area (Å²) in [4.78, 5) is 12.1. The Morgan fingerprint density at radius 1 is 1.00 bits per heavy atom. The summed E-state index contributed by atoms with van der Waals surface area (Å²) in [5, 5.41) is 0. The highest BCUT2D eigenvalue weighted by atomic mass is 16.1. The summed E-state index contributed by atoms with van der Waals surface area (Å²) in [6.45, 7) is 1.94. The third-order valence-electron chi connectivity index (χ3n) is 3.09. The molecule has 1 heteroatoms. The minimum absolute atomic E-state index is 0.0777. The standard InChI is InChI=1S/C18H18O/c1-15(18(19)17-13-6-3-7-14-17)9-8-12-16-10-4-2-5-11-16/h2-11,13-15H,12H2,1H3/b9-8+/t15-/m0/s1. The van der Waals surface area contributed by atoms with Crippen molar-refractivity contribution in [3.05, 3.63) is 83.9 Å². The molecule has 0 amide bonds. The van der Waals surface area contributed by atoms with Crippen LogP contribution >= 0.6 is 0 Å². The van der Waals surface area contributed by atoms with Crippen molar-refractivity contribution in [2.24, 2.45) is 5.92 Å². The Kier molecular flexibility index (Phi) is 4.68. The molecule has 0 saturated heterocycles. The molecule has 2 rings (SSSR count). The third-order valence-corrected chi connectivity index (χ3v) is 3.09. The van der Waals surface area contributed by atoms with Gasteiger partial charge in [-0.2, -0.15) is 0 Å². The normalized spacial score (nSPS) is 12.5. The van der Waals surface area contributed by atoms with Crippen molar-refractivity contribution >= 4 is 5.78 Å². The molecule has 19 heavy (non-hydrogen) atoms. The van der Waals surface area contributed by atoms with E-state index in [0.29, 0.717) is 0 Å². The summed E-state index contributed by atoms with van der Waals surface area (Å²) in [5.74, 6) is 0.0935. The molecule has 0 aromatic heterocycles. The molecule has 0 radical (unpaired) electrons. The van der Waals surface area contributed by atoms with Gasteiger partial charge in [-0.3, -0.25) is 4.79 Å². The second-order valence-corrected chi connectivity index (χ2v) is 4.64. The largest absolute Gasteiger partial charge is 0.294 e. The van der Waals surface area contributed by atoms with Gasteiger partial charge in [0.05, 0.1) is 0 Å². The summed E-state index contributed by atoms with van der Waals surface area (Å²) in [6.07, 6.45) is 4.93. The quantitative estimate of drug-likeness (QED) is 0.571. The van der Waals surface area contributed by atoms with E-state index in [9.17, 15) is 4.79 Å². The van der Waals surface area contributed by atoms with Crippen LogP contribution in [-0.4, -0.2) is 5.78 Å². The summed E-state index contributed by atoms with van der Waals surface area (Å²) in [6, 6.07) is 19.7. The van der Waals surface area contributed by atoms with E-state index in [1.165, 1.54) is 5.56 Å². The first-order valence-electron chi connectivity index (χ1n) is 6.57. The highest BCUT2D eigenvalue weighted by Crippen LogP contribution is 2.10. The van der Waals surface area contributed by atoms with E-state index in [2.05, 4.69) is 18.2 Å². The topological polar surface area (TPSA) is 17.1 Å². The number of hydrogen-bond donors (Lipinski definition) is 0. The van der Waals surface area contributed by atoms with Gasteiger partial charge in [-0.15, -0.1) is 0 Å². The summed E-state index contributed by atoms with van der Waals surface area (Å²) < 4.78 is 0. The maximum absolute atomic E-state index is 12.1. The molecule has 0 unspecified atom stereocenters. The van der Waals surface area contributed by atoms with Crippen LogP contribution in [0.15, 0.2) is 72.8 Å². The van der Waals surface area contributed by atoms with E-state index in [1.807, 2.05) is 61.5 Å². The number of allylic oxidation sites excluding steroid dienone is 2. The average molecular weight is 250 g/mol. The lowest BCUT2D eigenvalue weighted by Gasteiger charge is -2.05. The Labute approximate surface area is 114 Å². The van der Waals surface area contributed by atoms with Gasteiger partial charge in [-0.25, -0.2) is 0 Å². The van der Waals surface area contributed by atoms with Crippen LogP contribution in [0.2, 0.25) is 0 Å². The summed E-state index contributed by atoms with van der Waals surface area (Å²) in [7, 11) is 0. The zero-order valence-electron chi connectivity index (χ0n) is 11.1. The Balaban J connectivity index is 1.94. The first-order chi connectivity index (χ1) is 9.27. The summed E-state index contributed by atoms with van der Waals surface area (Å²) in [5.41, 5.74) is 2.04. The van der Waals surface area contributed by atoms with Crippen molar-refractivity contribution in [3.8, 4) is 0 Å². The molecule has 0 aliphatic rings. The minimum atomic E-state index is -0.0777. The van der Waals surface area contributed by atoms with Gasteiger partial charge in [0, 0.05) is 11.5 Å². The maximum atomic E-state index is 12.1. The van der Waals surface area contributed by atoms with Crippen LogP contribution in [0.3, 0.4) is 0 Å². The second-order valence-electron chi connectivity index (χ2n) is 4.64. The van der Waals surface area contributed by atoms with Crippen LogP contribution < -0.4 is 0 Å². The molecule has 1 nitrogen and oxygen atoms in total. The van der Waals surface area contributed by atoms with Crippen LogP contribution in [0, 0.1) is 5.92 Å². The van der Waals surface area contributed by atoms with Gasteiger partial charge in [-0.05, 0) is 12.0 Å². The van der Waals surface area contributed by atoms with E-state index in [4.69, 9.17) is 0 Å². The van der Waals surface area contributed by atoms with E-state index >= 15 is 0 Å². The molecule has 0 spiro atoms. The van der Waals surface area contributed by atoms with Crippen molar-refractivity contribution in [3.63, 3.8) is 0 Å². The predicted octanol–water partition coefficient (Wildman–Crippen LogP) is 4.30. The maximum Gasteiger partial charge on any atom is 0.169 e. The number of carbonyl (C=O) groups is 1. The number of Topliss-reactive ketones (excluding diaryl/α,β-unsaturated/α-hetero) is 1. The average Bonchev–Trinajstić information content (AvgIpc) is 2.48. The lowest BCUT2D eigenvalue weighted by Crippen LogP contribution is -2.08. The fraction of sp³-hybridized carbons (Fsp3) is 0.167. The van der Waals surface area contributed by atoms with Gasteiger partial charge in [0.25, 0.3) is 0 Å². The molecule has 0 N–H and O–H groups in total.